The molecule has 0 fully saturated rings. The number of aryl methyl sites for hydroxylation is 2. The van der Waals surface area contributed by atoms with Gasteiger partial charge < -0.3 is 20.9 Å². The Morgan fingerprint density at radius 2 is 2.18 bits per heavy atom. The third-order valence-electron chi connectivity index (χ3n) is 4.32. The van der Waals surface area contributed by atoms with E-state index in [0.29, 0.717) is 23.3 Å². The van der Waals surface area contributed by atoms with Crippen molar-refractivity contribution in [3.8, 4) is 5.75 Å². The van der Waals surface area contributed by atoms with Gasteiger partial charge in [-0.3, -0.25) is 14.3 Å². The number of nitrogens with one attached hydrogen (secondary N) is 1. The molecular formula is C18H21N5O4S. The number of rotatable bonds is 7. The molecule has 1 aromatic carbocycles. The number of carbonyl (C=O) groups is 2. The number of carbonyl (C=O) groups excluding carboxylic acids is 2. The number of hydrogen-bond acceptors (Lipinski definition) is 7. The van der Waals surface area contributed by atoms with Crippen LogP contribution < -0.4 is 15.8 Å². The van der Waals surface area contributed by atoms with Crippen molar-refractivity contribution in [2.75, 3.05) is 6.61 Å². The summed E-state index contributed by atoms with van der Waals surface area (Å²) in [6.07, 6.45) is 1.76. The van der Waals surface area contributed by atoms with Crippen LogP contribution in [0.5, 0.6) is 5.75 Å². The van der Waals surface area contributed by atoms with E-state index in [-0.39, 0.29) is 5.69 Å². The molecule has 0 spiro atoms. The van der Waals surface area contributed by atoms with Crippen LogP contribution in [-0.2, 0) is 18.4 Å². The summed E-state index contributed by atoms with van der Waals surface area (Å²) >= 11 is 1.55. The summed E-state index contributed by atoms with van der Waals surface area (Å²) in [7, 11) is 1.62. The number of aliphatic hydroxyl groups is 1. The van der Waals surface area contributed by atoms with Crippen molar-refractivity contribution in [2.24, 2.45) is 12.8 Å². The van der Waals surface area contributed by atoms with Crippen LogP contribution in [0.25, 0.3) is 10.9 Å². The fraction of sp³-hybridized carbons (Fsp3) is 0.333. The first kappa shape index (κ1) is 19.8. The molecule has 1 atom stereocenters. The molecule has 0 bridgehead atoms. The predicted molar refractivity (Wildman–Crippen MR) is 104 cm³/mol. The number of fused-ring (bicyclic) bond motifs is 1. The highest BCUT2D eigenvalue weighted by molar-refractivity contribution is 7.11. The van der Waals surface area contributed by atoms with Gasteiger partial charge in [0.2, 0.25) is 5.91 Å². The molecule has 0 aliphatic carbocycles. The van der Waals surface area contributed by atoms with Gasteiger partial charge in [-0.1, -0.05) is 0 Å². The van der Waals surface area contributed by atoms with Crippen molar-refractivity contribution in [3.63, 3.8) is 0 Å². The van der Waals surface area contributed by atoms with Gasteiger partial charge in [0.05, 0.1) is 22.0 Å². The Morgan fingerprint density at radius 3 is 2.79 bits per heavy atom. The van der Waals surface area contributed by atoms with Crippen LogP contribution in [0.2, 0.25) is 0 Å². The number of ether oxygens (including phenoxy) is 1. The molecule has 2 amide bonds. The largest absolute Gasteiger partial charge is 0.488 e. The minimum atomic E-state index is -1.58. The van der Waals surface area contributed by atoms with Crippen LogP contribution in [0.3, 0.4) is 0 Å². The molecule has 0 aliphatic rings. The van der Waals surface area contributed by atoms with E-state index in [1.54, 1.807) is 42.8 Å². The average Bonchev–Trinajstić information content (AvgIpc) is 3.21. The lowest BCUT2D eigenvalue weighted by atomic mass is 10.0. The van der Waals surface area contributed by atoms with Gasteiger partial charge in [0, 0.05) is 18.6 Å². The zero-order chi connectivity index (χ0) is 20.5. The number of hydrogen-bond donors (Lipinski definition) is 3. The molecule has 148 valence electrons. The highest BCUT2D eigenvalue weighted by Gasteiger charge is 2.33. The van der Waals surface area contributed by atoms with Crippen molar-refractivity contribution in [1.82, 2.24) is 20.1 Å². The maximum atomic E-state index is 12.8. The van der Waals surface area contributed by atoms with E-state index in [1.807, 2.05) is 6.92 Å². The van der Waals surface area contributed by atoms with E-state index >= 15 is 0 Å². The summed E-state index contributed by atoms with van der Waals surface area (Å²) in [6.45, 7) is 3.03. The molecule has 0 saturated carbocycles. The Kier molecular flexibility index (Phi) is 5.34. The zero-order valence-corrected chi connectivity index (χ0v) is 16.5. The number of aromatic nitrogens is 3. The lowest BCUT2D eigenvalue weighted by Gasteiger charge is -2.24. The molecule has 10 heteroatoms. The molecule has 2 aromatic heterocycles. The van der Waals surface area contributed by atoms with Crippen LogP contribution >= 0.6 is 11.3 Å². The highest BCUT2D eigenvalue weighted by atomic mass is 32.1. The number of aliphatic hydroxyl groups excluding tert-OH is 1. The molecule has 1 unspecified atom stereocenters. The van der Waals surface area contributed by atoms with Crippen molar-refractivity contribution < 1.29 is 19.4 Å². The van der Waals surface area contributed by atoms with E-state index in [9.17, 15) is 14.7 Å². The third-order valence-corrected chi connectivity index (χ3v) is 5.21. The Morgan fingerprint density at radius 1 is 1.43 bits per heavy atom. The minimum Gasteiger partial charge on any atom is -0.488 e. The van der Waals surface area contributed by atoms with Gasteiger partial charge in [-0.25, -0.2) is 4.98 Å². The van der Waals surface area contributed by atoms with Gasteiger partial charge >= 0.3 is 0 Å². The van der Waals surface area contributed by atoms with Gasteiger partial charge in [-0.05, 0) is 32.0 Å². The summed E-state index contributed by atoms with van der Waals surface area (Å²) < 4.78 is 7.22. The third kappa shape index (κ3) is 3.82. The molecule has 9 nitrogen and oxygen atoms in total. The fourth-order valence-corrected chi connectivity index (χ4v) is 3.36. The van der Waals surface area contributed by atoms with Crippen molar-refractivity contribution in [3.05, 3.63) is 40.0 Å². The fourth-order valence-electron chi connectivity index (χ4n) is 2.65. The van der Waals surface area contributed by atoms with E-state index in [2.05, 4.69) is 15.4 Å². The Hall–Kier alpha value is -2.98. The second-order valence-corrected chi connectivity index (χ2v) is 7.91. The van der Waals surface area contributed by atoms with Crippen LogP contribution in [0.15, 0.2) is 24.4 Å². The summed E-state index contributed by atoms with van der Waals surface area (Å²) in [4.78, 5) is 29.5. The number of nitrogens with zero attached hydrogens (tertiary/aromatic N) is 3. The topological polar surface area (TPSA) is 132 Å². The SMILES string of the molecule is Cc1ncc(COc2ccc3nn(C)c(C(=O)NC(C)(CO)C(N)=O)c3c2)s1. The molecule has 0 radical (unpaired) electrons. The molecule has 3 aromatic rings. The van der Waals surface area contributed by atoms with Crippen molar-refractivity contribution >= 4 is 34.1 Å². The van der Waals surface area contributed by atoms with Gasteiger partial charge in [0.1, 0.15) is 23.6 Å². The van der Waals surface area contributed by atoms with Gasteiger partial charge in [0.15, 0.2) is 0 Å². The van der Waals surface area contributed by atoms with Gasteiger partial charge in [-0.15, -0.1) is 11.3 Å². The van der Waals surface area contributed by atoms with E-state index in [4.69, 9.17) is 10.5 Å². The lowest BCUT2D eigenvalue weighted by molar-refractivity contribution is -0.124. The molecule has 0 saturated heterocycles. The van der Waals surface area contributed by atoms with Gasteiger partial charge in [0.25, 0.3) is 5.91 Å². The van der Waals surface area contributed by atoms with Crippen molar-refractivity contribution in [1.29, 1.82) is 0 Å². The summed E-state index contributed by atoms with van der Waals surface area (Å²) in [6, 6.07) is 5.23. The quantitative estimate of drug-likeness (QED) is 0.536. The summed E-state index contributed by atoms with van der Waals surface area (Å²) in [5, 5.41) is 17.8. The number of amides is 2. The second kappa shape index (κ2) is 7.56. The molecule has 4 N–H and O–H groups in total. The lowest BCUT2D eigenvalue weighted by Crippen LogP contribution is -2.58. The first-order valence-corrected chi connectivity index (χ1v) is 9.29. The normalized spacial score (nSPS) is 13.3. The Bertz CT molecular complexity index is 1040. The highest BCUT2D eigenvalue weighted by Crippen LogP contribution is 2.25. The number of benzene rings is 1. The zero-order valence-electron chi connectivity index (χ0n) is 15.7. The van der Waals surface area contributed by atoms with Crippen LogP contribution in [-0.4, -0.2) is 43.8 Å². The second-order valence-electron chi connectivity index (χ2n) is 6.59. The number of nitrogens with two attached hydrogens (primary N) is 1. The van der Waals surface area contributed by atoms with Crippen LogP contribution in [0.1, 0.15) is 27.3 Å². The summed E-state index contributed by atoms with van der Waals surface area (Å²) in [5.74, 6) is -0.838. The minimum absolute atomic E-state index is 0.231. The predicted octanol–water partition coefficient (Wildman–Crippen LogP) is 0.883. The molecular weight excluding hydrogens is 382 g/mol. The first-order valence-electron chi connectivity index (χ1n) is 8.47. The first-order chi connectivity index (χ1) is 13.2. The average molecular weight is 403 g/mol. The molecule has 3 rings (SSSR count). The molecule has 28 heavy (non-hydrogen) atoms. The van der Waals surface area contributed by atoms with Crippen molar-refractivity contribution in [2.45, 2.75) is 26.0 Å². The maximum absolute atomic E-state index is 12.8. The number of primary amides is 1. The van der Waals surface area contributed by atoms with E-state index in [1.165, 1.54) is 11.6 Å². The van der Waals surface area contributed by atoms with Crippen LogP contribution in [0, 0.1) is 6.92 Å². The van der Waals surface area contributed by atoms with E-state index in [0.717, 1.165) is 9.88 Å². The standard InChI is InChI=1S/C18H21N5O4S/c1-10-20-7-12(28-10)8-27-11-4-5-14-13(6-11)15(23(3)22-14)16(25)21-18(2,9-24)17(19)26/h4-7,24H,8-9H2,1-3H3,(H2,19,26)(H,21,25). The molecule has 2 heterocycles. The van der Waals surface area contributed by atoms with Gasteiger partial charge in [-0.2, -0.15) is 5.10 Å². The monoisotopic (exact) mass is 403 g/mol. The Labute approximate surface area is 165 Å². The maximum Gasteiger partial charge on any atom is 0.271 e. The molecule has 0 aliphatic heterocycles. The number of thiazole rings is 1. The Balaban J connectivity index is 1.88. The smallest absolute Gasteiger partial charge is 0.271 e. The summed E-state index contributed by atoms with van der Waals surface area (Å²) in [5.41, 5.74) is 4.54. The van der Waals surface area contributed by atoms with Crippen LogP contribution in [0.4, 0.5) is 0 Å². The van der Waals surface area contributed by atoms with E-state index < -0.39 is 24.0 Å².